The molecule has 0 saturated carbocycles. The van der Waals surface area contributed by atoms with E-state index in [1.54, 1.807) is 0 Å². The number of aromatic nitrogens is 4. The van der Waals surface area contributed by atoms with Crippen LogP contribution in [0.3, 0.4) is 0 Å². The predicted octanol–water partition coefficient (Wildman–Crippen LogP) is 7.13. The minimum atomic E-state index is -1.05. The number of fused-ring (bicyclic) bond motifs is 1. The van der Waals surface area contributed by atoms with Crippen LogP contribution in [0.2, 0.25) is 0 Å². The third-order valence-electron chi connectivity index (χ3n) is 6.49. The molecular weight excluding hydrogens is 428 g/mol. The lowest BCUT2D eigenvalue weighted by molar-refractivity contribution is -0.633. The van der Waals surface area contributed by atoms with E-state index in [1.165, 1.54) is 0 Å². The normalized spacial score (nSPS) is 13.1. The fourth-order valence-corrected chi connectivity index (χ4v) is 4.75. The van der Waals surface area contributed by atoms with Gasteiger partial charge < -0.3 is 0 Å². The predicted molar refractivity (Wildman–Crippen MR) is 144 cm³/mol. The molecule has 0 aliphatic carbocycles. The molecule has 0 spiro atoms. The smallest absolute Gasteiger partial charge is 0.228 e. The van der Waals surface area contributed by atoms with E-state index in [-0.39, 0.29) is 0 Å². The van der Waals surface area contributed by atoms with E-state index in [9.17, 15) is 2.74 Å². The summed E-state index contributed by atoms with van der Waals surface area (Å²) in [5, 5.41) is 0. The van der Waals surface area contributed by atoms with Gasteiger partial charge in [0.15, 0.2) is 22.5 Å². The largest absolute Gasteiger partial charge is 0.295 e. The molecule has 0 radical (unpaired) electrons. The highest BCUT2D eigenvalue weighted by Crippen LogP contribution is 2.36. The van der Waals surface area contributed by atoms with Crippen LogP contribution in [0.5, 0.6) is 0 Å². The zero-order valence-electron chi connectivity index (χ0n) is 23.3. The second-order valence-electron chi connectivity index (χ2n) is 9.48. The first-order valence-electron chi connectivity index (χ1n) is 13.0. The monoisotopic (exact) mass is 463 g/mol. The fraction of sp³-hybridized carbons (Fsp3) is 0.258. The number of imidazole rings is 1. The second kappa shape index (κ2) is 9.10. The third-order valence-corrected chi connectivity index (χ3v) is 6.49. The average molecular weight is 464 g/mol. The van der Waals surface area contributed by atoms with Crippen molar-refractivity contribution in [2.45, 2.75) is 46.4 Å². The molecule has 35 heavy (non-hydrogen) atoms. The van der Waals surface area contributed by atoms with Gasteiger partial charge in [-0.25, -0.2) is 14.5 Å². The number of para-hydroxylation sites is 2. The summed E-state index contributed by atoms with van der Waals surface area (Å²) < 4.78 is 22.7. The van der Waals surface area contributed by atoms with Gasteiger partial charge in [0.1, 0.15) is 0 Å². The van der Waals surface area contributed by atoms with Crippen molar-refractivity contribution in [2.75, 3.05) is 0 Å². The van der Waals surface area contributed by atoms with Gasteiger partial charge in [-0.3, -0.25) is 0 Å². The van der Waals surface area contributed by atoms with Crippen molar-refractivity contribution in [3.63, 3.8) is 0 Å². The molecular formula is C31H33N4+. The lowest BCUT2D eigenvalue weighted by Crippen LogP contribution is -2.30. The Morgan fingerprint density at radius 3 is 1.97 bits per heavy atom. The molecule has 0 aliphatic heterocycles. The highest BCUT2D eigenvalue weighted by molar-refractivity contribution is 5.80. The van der Waals surface area contributed by atoms with Crippen LogP contribution in [0.1, 0.15) is 59.2 Å². The highest BCUT2D eigenvalue weighted by atomic mass is 15.2. The van der Waals surface area contributed by atoms with E-state index in [1.807, 2.05) is 82.3 Å². The zero-order valence-corrected chi connectivity index (χ0v) is 21.3. The van der Waals surface area contributed by atoms with Crippen molar-refractivity contribution >= 4 is 11.0 Å². The van der Waals surface area contributed by atoms with Crippen LogP contribution in [0.15, 0.2) is 78.9 Å². The van der Waals surface area contributed by atoms with Crippen molar-refractivity contribution < 1.29 is 7.31 Å². The van der Waals surface area contributed by atoms with Crippen LogP contribution in [-0.4, -0.2) is 14.5 Å². The summed E-state index contributed by atoms with van der Waals surface area (Å²) in [5.74, 6) is -0.594. The molecule has 176 valence electrons. The number of nitrogens with zero attached hydrogens (tertiary/aromatic N) is 4. The van der Waals surface area contributed by atoms with Gasteiger partial charge in [0.2, 0.25) is 0 Å². The maximum atomic E-state index is 9.18. The Bertz CT molecular complexity index is 1570. The molecule has 0 atom stereocenters. The molecule has 4 heteroatoms. The van der Waals surface area contributed by atoms with E-state index in [0.29, 0.717) is 22.9 Å². The first-order valence-corrected chi connectivity index (χ1v) is 12.0. The Morgan fingerprint density at radius 2 is 1.34 bits per heavy atom. The van der Waals surface area contributed by atoms with Crippen molar-refractivity contribution in [2.24, 2.45) is 7.05 Å². The molecule has 0 bridgehead atoms. The molecule has 4 nitrogen and oxygen atoms in total. The van der Waals surface area contributed by atoms with Crippen molar-refractivity contribution in [1.29, 1.82) is 0 Å². The number of hydrogen-bond acceptors (Lipinski definition) is 2. The van der Waals surface area contributed by atoms with E-state index < -0.39 is 11.8 Å². The summed E-state index contributed by atoms with van der Waals surface area (Å²) in [6.45, 7) is 9.53. The zero-order chi connectivity index (χ0) is 26.5. The van der Waals surface area contributed by atoms with Crippen LogP contribution >= 0.6 is 0 Å². The molecule has 5 rings (SSSR count). The standard InChI is InChI=1S/C31H33N4/c1-20(2)27-29(28(21(3)4)33-30(32-27)23-15-8-7-9-16-23)35-26-19-13-12-18-25(26)34(6)31(35)24-17-11-10-14-22(24)5/h7-21H,1-6H3/q+1/i20D,21D. The van der Waals surface area contributed by atoms with Crippen LogP contribution in [0.25, 0.3) is 39.5 Å². The second-order valence-corrected chi connectivity index (χ2v) is 9.48. The maximum absolute atomic E-state index is 9.18. The summed E-state index contributed by atoms with van der Waals surface area (Å²) in [6.07, 6.45) is 0. The van der Waals surface area contributed by atoms with E-state index >= 15 is 0 Å². The Hall–Kier alpha value is -3.79. The lowest BCUT2D eigenvalue weighted by Gasteiger charge is -2.18. The lowest BCUT2D eigenvalue weighted by atomic mass is 9.99. The quantitative estimate of drug-likeness (QED) is 0.260. The van der Waals surface area contributed by atoms with Crippen LogP contribution < -0.4 is 4.57 Å². The van der Waals surface area contributed by atoms with E-state index in [2.05, 4.69) is 47.4 Å². The third kappa shape index (κ3) is 3.93. The Morgan fingerprint density at radius 1 is 0.771 bits per heavy atom. The van der Waals surface area contributed by atoms with Crippen molar-refractivity contribution in [1.82, 2.24) is 14.5 Å². The van der Waals surface area contributed by atoms with Crippen LogP contribution in [0.4, 0.5) is 0 Å². The summed E-state index contributed by atoms with van der Waals surface area (Å²) >= 11 is 0. The number of aryl methyl sites for hydroxylation is 2. The summed E-state index contributed by atoms with van der Waals surface area (Å²) in [6, 6.07) is 26.4. The number of benzene rings is 3. The fourth-order valence-electron chi connectivity index (χ4n) is 4.75. The topological polar surface area (TPSA) is 34.6 Å². The van der Waals surface area contributed by atoms with Gasteiger partial charge in [-0.05, 0) is 30.7 Å². The van der Waals surface area contributed by atoms with Crippen molar-refractivity contribution in [3.05, 3.63) is 95.8 Å². The minimum Gasteiger partial charge on any atom is -0.228 e. The summed E-state index contributed by atoms with van der Waals surface area (Å²) in [4.78, 5) is 10.1. The van der Waals surface area contributed by atoms with Crippen LogP contribution in [-0.2, 0) is 7.05 Å². The molecule has 3 aromatic carbocycles. The first kappa shape index (κ1) is 20.6. The maximum Gasteiger partial charge on any atom is 0.295 e. The molecule has 0 aliphatic rings. The van der Waals surface area contributed by atoms with Gasteiger partial charge in [0.25, 0.3) is 5.82 Å². The molecule has 0 N–H and O–H groups in total. The molecule has 5 aromatic rings. The van der Waals surface area contributed by atoms with Gasteiger partial charge in [0, 0.05) is 20.1 Å². The van der Waals surface area contributed by atoms with Gasteiger partial charge >= 0.3 is 0 Å². The summed E-state index contributed by atoms with van der Waals surface area (Å²) in [5.41, 5.74) is 7.01. The Kier molecular flexibility index (Phi) is 5.35. The minimum absolute atomic E-state index is 0.535. The molecule has 0 amide bonds. The molecule has 0 saturated heterocycles. The average Bonchev–Trinajstić information content (AvgIpc) is 3.15. The van der Waals surface area contributed by atoms with E-state index in [4.69, 9.17) is 9.97 Å². The van der Waals surface area contributed by atoms with Gasteiger partial charge in [-0.1, -0.05) is 88.4 Å². The van der Waals surface area contributed by atoms with Crippen molar-refractivity contribution in [3.8, 4) is 28.5 Å². The van der Waals surface area contributed by atoms with E-state index in [0.717, 1.165) is 33.5 Å². The Balaban J connectivity index is 2.00. The molecule has 2 heterocycles. The number of hydrogen-bond donors (Lipinski definition) is 0. The van der Waals surface area contributed by atoms with Crippen LogP contribution in [0, 0.1) is 6.92 Å². The molecule has 0 unspecified atom stereocenters. The molecule has 0 fully saturated rings. The van der Waals surface area contributed by atoms with Gasteiger partial charge in [-0.2, -0.15) is 4.57 Å². The summed E-state index contributed by atoms with van der Waals surface area (Å²) in [7, 11) is 2.07. The van der Waals surface area contributed by atoms with Gasteiger partial charge in [-0.15, -0.1) is 0 Å². The SMILES string of the molecule is [2H]C(C)(C)c1nc(-c2ccccc2)nc(C([2H])(C)C)c1-n1c(-c2ccccc2C)[n+](C)c2ccccc21. The Labute approximate surface area is 210 Å². The number of rotatable bonds is 5. The highest BCUT2D eigenvalue weighted by Gasteiger charge is 2.33. The molecule has 2 aromatic heterocycles. The van der Waals surface area contributed by atoms with Gasteiger partial charge in [0.05, 0.1) is 24.0 Å². The first-order chi connectivity index (χ1) is 17.5.